The van der Waals surface area contributed by atoms with Gasteiger partial charge in [-0.25, -0.2) is 0 Å². The van der Waals surface area contributed by atoms with E-state index in [0.717, 1.165) is 25.0 Å². The van der Waals surface area contributed by atoms with E-state index in [9.17, 15) is 4.79 Å². The van der Waals surface area contributed by atoms with Gasteiger partial charge >= 0.3 is 5.97 Å². The summed E-state index contributed by atoms with van der Waals surface area (Å²) in [4.78, 5) is 16.4. The van der Waals surface area contributed by atoms with Crippen molar-refractivity contribution in [3.63, 3.8) is 0 Å². The quantitative estimate of drug-likeness (QED) is 0.733. The van der Waals surface area contributed by atoms with E-state index in [1.165, 1.54) is 0 Å². The van der Waals surface area contributed by atoms with Gasteiger partial charge in [0.2, 0.25) is 0 Å². The van der Waals surface area contributed by atoms with Crippen LogP contribution in [0.4, 0.5) is 0 Å². The smallest absolute Gasteiger partial charge is 0.318 e. The molecule has 2 atom stereocenters. The summed E-state index contributed by atoms with van der Waals surface area (Å²) in [5.74, 6) is -0.111. The Morgan fingerprint density at radius 1 is 1.56 bits per heavy atom. The zero-order valence-electron chi connectivity index (χ0n) is 9.77. The molecule has 3 nitrogen and oxygen atoms in total. The predicted molar refractivity (Wildman–Crippen MR) is 61.0 cm³/mol. The molecule has 3 heteroatoms. The molecule has 0 saturated carbocycles. The van der Waals surface area contributed by atoms with Crippen LogP contribution in [0.5, 0.6) is 0 Å². The molecule has 1 aromatic rings. The van der Waals surface area contributed by atoms with Gasteiger partial charge in [-0.2, -0.15) is 0 Å². The third-order valence-electron chi connectivity index (χ3n) is 3.17. The van der Waals surface area contributed by atoms with E-state index < -0.39 is 5.41 Å². The number of aromatic nitrogens is 1. The second-order valence-corrected chi connectivity index (χ2v) is 4.47. The zero-order valence-corrected chi connectivity index (χ0v) is 9.77. The van der Waals surface area contributed by atoms with Crippen LogP contribution in [0, 0.1) is 0 Å². The van der Waals surface area contributed by atoms with Crippen LogP contribution >= 0.6 is 0 Å². The van der Waals surface area contributed by atoms with E-state index in [1.807, 2.05) is 25.1 Å². The number of carbonyl (C=O) groups is 1. The highest BCUT2D eigenvalue weighted by Crippen LogP contribution is 2.40. The first-order chi connectivity index (χ1) is 7.69. The molecule has 1 fully saturated rings. The van der Waals surface area contributed by atoms with Crippen LogP contribution in [0.15, 0.2) is 24.4 Å². The molecule has 0 bridgehead atoms. The molecular weight excluding hydrogens is 202 g/mol. The molecule has 0 radical (unpaired) electrons. The summed E-state index contributed by atoms with van der Waals surface area (Å²) in [7, 11) is 0. The van der Waals surface area contributed by atoms with Crippen LogP contribution in [0.2, 0.25) is 0 Å². The molecule has 0 N–H and O–H groups in total. The standard InChI is InChI=1S/C13H17NO2/c1-3-7-13(9-10(2)16-12(13)15)11-6-4-5-8-14-11/h4-6,8,10H,3,7,9H2,1-2H3. The van der Waals surface area contributed by atoms with Crippen LogP contribution in [-0.4, -0.2) is 17.1 Å². The zero-order chi connectivity index (χ0) is 11.6. The second-order valence-electron chi connectivity index (χ2n) is 4.47. The van der Waals surface area contributed by atoms with Crippen molar-refractivity contribution in [2.24, 2.45) is 0 Å². The minimum Gasteiger partial charge on any atom is -0.462 e. The molecule has 2 heterocycles. The highest BCUT2D eigenvalue weighted by Gasteiger charge is 2.49. The molecule has 1 aliphatic rings. The van der Waals surface area contributed by atoms with E-state index in [1.54, 1.807) is 6.20 Å². The van der Waals surface area contributed by atoms with E-state index in [2.05, 4.69) is 11.9 Å². The Morgan fingerprint density at radius 2 is 2.38 bits per heavy atom. The molecule has 2 unspecified atom stereocenters. The third kappa shape index (κ3) is 1.70. The first-order valence-corrected chi connectivity index (χ1v) is 5.81. The van der Waals surface area contributed by atoms with E-state index >= 15 is 0 Å². The number of hydrogen-bond acceptors (Lipinski definition) is 3. The fraction of sp³-hybridized carbons (Fsp3) is 0.538. The summed E-state index contributed by atoms with van der Waals surface area (Å²) in [5, 5.41) is 0. The van der Waals surface area contributed by atoms with E-state index in [4.69, 9.17) is 4.74 Å². The Morgan fingerprint density at radius 3 is 2.88 bits per heavy atom. The first kappa shape index (κ1) is 11.1. The predicted octanol–water partition coefficient (Wildman–Crippen LogP) is 2.45. The molecule has 1 aliphatic heterocycles. The number of esters is 1. The van der Waals surface area contributed by atoms with Gasteiger partial charge in [0.05, 0.1) is 5.69 Å². The second kappa shape index (κ2) is 4.24. The van der Waals surface area contributed by atoms with Gasteiger partial charge < -0.3 is 4.74 Å². The van der Waals surface area contributed by atoms with Crippen LogP contribution in [0.25, 0.3) is 0 Å². The number of pyridine rings is 1. The Hall–Kier alpha value is -1.38. The maximum atomic E-state index is 12.0. The molecule has 2 rings (SSSR count). The summed E-state index contributed by atoms with van der Waals surface area (Å²) in [6.07, 6.45) is 4.26. The summed E-state index contributed by atoms with van der Waals surface area (Å²) >= 11 is 0. The number of carbonyl (C=O) groups excluding carboxylic acids is 1. The van der Waals surface area contributed by atoms with Gasteiger partial charge in [-0.1, -0.05) is 19.4 Å². The highest BCUT2D eigenvalue weighted by atomic mass is 16.6. The lowest BCUT2D eigenvalue weighted by atomic mass is 9.77. The van der Waals surface area contributed by atoms with Crippen molar-refractivity contribution in [1.82, 2.24) is 4.98 Å². The summed E-state index contributed by atoms with van der Waals surface area (Å²) in [6, 6.07) is 5.72. The average molecular weight is 219 g/mol. The number of ether oxygens (including phenoxy) is 1. The molecule has 16 heavy (non-hydrogen) atoms. The SMILES string of the molecule is CCCC1(c2ccccn2)CC(C)OC1=O. The molecule has 0 spiro atoms. The minimum absolute atomic E-state index is 0.000978. The Labute approximate surface area is 95.8 Å². The van der Waals surface area contributed by atoms with Crippen molar-refractivity contribution < 1.29 is 9.53 Å². The normalized spacial score (nSPS) is 29.1. The maximum absolute atomic E-state index is 12.0. The van der Waals surface area contributed by atoms with Gasteiger partial charge in [-0.05, 0) is 25.5 Å². The van der Waals surface area contributed by atoms with Gasteiger partial charge in [0.1, 0.15) is 11.5 Å². The topological polar surface area (TPSA) is 39.2 Å². The van der Waals surface area contributed by atoms with Crippen molar-refractivity contribution in [2.45, 2.75) is 44.6 Å². The number of hydrogen-bond donors (Lipinski definition) is 0. The van der Waals surface area contributed by atoms with Crippen LogP contribution in [-0.2, 0) is 14.9 Å². The van der Waals surface area contributed by atoms with E-state index in [-0.39, 0.29) is 12.1 Å². The maximum Gasteiger partial charge on any atom is 0.318 e. The van der Waals surface area contributed by atoms with Crippen molar-refractivity contribution in [2.75, 3.05) is 0 Å². The monoisotopic (exact) mass is 219 g/mol. The fourth-order valence-electron chi connectivity index (χ4n) is 2.53. The lowest BCUT2D eigenvalue weighted by Crippen LogP contribution is -2.32. The fourth-order valence-corrected chi connectivity index (χ4v) is 2.53. The molecular formula is C13H17NO2. The highest BCUT2D eigenvalue weighted by molar-refractivity contribution is 5.84. The first-order valence-electron chi connectivity index (χ1n) is 5.81. The number of nitrogens with zero attached hydrogens (tertiary/aromatic N) is 1. The van der Waals surface area contributed by atoms with Crippen LogP contribution in [0.3, 0.4) is 0 Å². The van der Waals surface area contributed by atoms with Gasteiger partial charge in [-0.3, -0.25) is 9.78 Å². The van der Waals surface area contributed by atoms with Crippen molar-refractivity contribution >= 4 is 5.97 Å². The Bertz CT molecular complexity index is 377. The molecule has 1 aromatic heterocycles. The largest absolute Gasteiger partial charge is 0.462 e. The average Bonchev–Trinajstić information content (AvgIpc) is 2.57. The van der Waals surface area contributed by atoms with E-state index in [0.29, 0.717) is 0 Å². The van der Waals surface area contributed by atoms with Crippen LogP contribution < -0.4 is 0 Å². The Balaban J connectivity index is 2.40. The summed E-state index contributed by atoms with van der Waals surface area (Å²) in [5.41, 5.74) is 0.348. The molecule has 0 aromatic carbocycles. The Kier molecular flexibility index (Phi) is 2.95. The molecule has 0 amide bonds. The summed E-state index contributed by atoms with van der Waals surface area (Å²) < 4.78 is 5.31. The lowest BCUT2D eigenvalue weighted by Gasteiger charge is -2.23. The van der Waals surface area contributed by atoms with Gasteiger partial charge in [0.25, 0.3) is 0 Å². The van der Waals surface area contributed by atoms with Gasteiger partial charge in [0, 0.05) is 12.6 Å². The van der Waals surface area contributed by atoms with Gasteiger partial charge in [0.15, 0.2) is 0 Å². The third-order valence-corrected chi connectivity index (χ3v) is 3.17. The molecule has 0 aliphatic carbocycles. The van der Waals surface area contributed by atoms with Crippen molar-refractivity contribution in [1.29, 1.82) is 0 Å². The number of rotatable bonds is 3. The lowest BCUT2D eigenvalue weighted by molar-refractivity contribution is -0.145. The number of cyclic esters (lactones) is 1. The van der Waals surface area contributed by atoms with Crippen molar-refractivity contribution in [3.05, 3.63) is 30.1 Å². The van der Waals surface area contributed by atoms with Crippen molar-refractivity contribution in [3.8, 4) is 0 Å². The minimum atomic E-state index is -0.505. The summed E-state index contributed by atoms with van der Waals surface area (Å²) in [6.45, 7) is 4.03. The van der Waals surface area contributed by atoms with Gasteiger partial charge in [-0.15, -0.1) is 0 Å². The molecule has 86 valence electrons. The molecule has 1 saturated heterocycles. The van der Waals surface area contributed by atoms with Crippen LogP contribution in [0.1, 0.15) is 38.8 Å².